The number of hydrogen-bond donors (Lipinski definition) is 2. The zero-order valence-electron chi connectivity index (χ0n) is 19.6. The number of furan rings is 1. The lowest BCUT2D eigenvalue weighted by atomic mass is 9.92. The Hall–Kier alpha value is -2.35. The summed E-state index contributed by atoms with van der Waals surface area (Å²) >= 11 is 5.53. The van der Waals surface area contributed by atoms with Gasteiger partial charge < -0.3 is 24.9 Å². The summed E-state index contributed by atoms with van der Waals surface area (Å²) in [5.74, 6) is 5.60. The Morgan fingerprint density at radius 1 is 1.03 bits per heavy atom. The van der Waals surface area contributed by atoms with Crippen molar-refractivity contribution in [1.82, 2.24) is 15.3 Å². The molecule has 2 fully saturated rings. The van der Waals surface area contributed by atoms with Crippen molar-refractivity contribution in [2.75, 3.05) is 41.3 Å². The number of aryl methyl sites for hydroxylation is 1. The molecule has 7 nitrogen and oxygen atoms in total. The van der Waals surface area contributed by atoms with Crippen LogP contribution in [-0.4, -0.2) is 41.3 Å². The van der Waals surface area contributed by atoms with E-state index in [-0.39, 0.29) is 0 Å². The molecule has 4 heterocycles. The van der Waals surface area contributed by atoms with Gasteiger partial charge in [0.05, 0.1) is 6.54 Å². The van der Waals surface area contributed by atoms with E-state index in [0.29, 0.717) is 29.4 Å². The molecule has 8 heteroatoms. The normalized spacial score (nSPS) is 21.8. The SMILES string of the molecule is Cc1ccc(CNC(=S)Nc2nc(N3CCCCCC3)cc(N3CC(C)CC(C)C3)n2)o1. The molecule has 0 amide bonds. The van der Waals surface area contributed by atoms with Gasteiger partial charge in [0.1, 0.15) is 23.2 Å². The first kappa shape index (κ1) is 22.8. The second-order valence-electron chi connectivity index (χ2n) is 9.48. The summed E-state index contributed by atoms with van der Waals surface area (Å²) in [6.45, 7) is 11.3. The van der Waals surface area contributed by atoms with Gasteiger partial charge in [0.15, 0.2) is 5.11 Å². The van der Waals surface area contributed by atoms with Crippen LogP contribution in [0.2, 0.25) is 0 Å². The van der Waals surface area contributed by atoms with E-state index in [1.165, 1.54) is 32.1 Å². The Morgan fingerprint density at radius 3 is 2.31 bits per heavy atom. The van der Waals surface area contributed by atoms with Gasteiger partial charge >= 0.3 is 0 Å². The highest BCUT2D eigenvalue weighted by Gasteiger charge is 2.24. The molecule has 32 heavy (non-hydrogen) atoms. The predicted molar refractivity (Wildman–Crippen MR) is 134 cm³/mol. The summed E-state index contributed by atoms with van der Waals surface area (Å²) in [6.07, 6.45) is 6.28. The number of anilines is 3. The molecule has 2 aromatic heterocycles. The van der Waals surface area contributed by atoms with Gasteiger partial charge in [0.2, 0.25) is 5.95 Å². The smallest absolute Gasteiger partial charge is 0.232 e. The fourth-order valence-electron chi connectivity index (χ4n) is 4.84. The predicted octanol–water partition coefficient (Wildman–Crippen LogP) is 4.73. The molecule has 0 spiro atoms. The summed E-state index contributed by atoms with van der Waals surface area (Å²) in [4.78, 5) is 14.5. The Labute approximate surface area is 197 Å². The largest absolute Gasteiger partial charge is 0.465 e. The number of rotatable bonds is 5. The first-order valence-electron chi connectivity index (χ1n) is 12.0. The highest BCUT2D eigenvalue weighted by atomic mass is 32.1. The van der Waals surface area contributed by atoms with Gasteiger partial charge in [-0.15, -0.1) is 0 Å². The second-order valence-corrected chi connectivity index (χ2v) is 9.89. The van der Waals surface area contributed by atoms with Crippen LogP contribution in [0.15, 0.2) is 22.6 Å². The van der Waals surface area contributed by atoms with E-state index in [0.717, 1.165) is 49.3 Å². The molecule has 2 atom stereocenters. The van der Waals surface area contributed by atoms with Gasteiger partial charge in [-0.1, -0.05) is 26.7 Å². The first-order chi connectivity index (χ1) is 15.5. The topological polar surface area (TPSA) is 69.5 Å². The van der Waals surface area contributed by atoms with Gasteiger partial charge in [-0.2, -0.15) is 9.97 Å². The number of piperidine rings is 1. The van der Waals surface area contributed by atoms with Crippen molar-refractivity contribution in [2.24, 2.45) is 11.8 Å². The fraction of sp³-hybridized carbons (Fsp3) is 0.625. The lowest BCUT2D eigenvalue weighted by Crippen LogP contribution is -2.39. The van der Waals surface area contributed by atoms with Gasteiger partial charge in [-0.05, 0) is 62.4 Å². The van der Waals surface area contributed by atoms with Gasteiger partial charge in [-0.3, -0.25) is 0 Å². The van der Waals surface area contributed by atoms with Crippen LogP contribution in [0.4, 0.5) is 17.6 Å². The number of nitrogens with one attached hydrogen (secondary N) is 2. The van der Waals surface area contributed by atoms with Crippen LogP contribution in [0.25, 0.3) is 0 Å². The minimum absolute atomic E-state index is 0.499. The molecule has 2 aromatic rings. The molecule has 0 bridgehead atoms. The van der Waals surface area contributed by atoms with Crippen LogP contribution in [0.3, 0.4) is 0 Å². The molecule has 2 aliphatic heterocycles. The second kappa shape index (κ2) is 10.5. The van der Waals surface area contributed by atoms with E-state index in [9.17, 15) is 0 Å². The summed E-state index contributed by atoms with van der Waals surface area (Å²) in [5, 5.41) is 6.92. The standard InChI is InChI=1S/C24H36N6OS/c1-17-12-18(2)16-30(15-17)22-13-21(29-10-6-4-5-7-11-29)26-23(27-22)28-24(32)25-14-20-9-8-19(3)31-20/h8-9,13,17-18H,4-7,10-12,14-16H2,1-3H3,(H2,25,26,27,28,32). The van der Waals surface area contributed by atoms with Crippen LogP contribution >= 0.6 is 12.2 Å². The molecule has 0 radical (unpaired) electrons. The average molecular weight is 457 g/mol. The van der Waals surface area contributed by atoms with Gasteiger partial charge in [0.25, 0.3) is 0 Å². The third kappa shape index (κ3) is 6.12. The Bertz CT molecular complexity index is 898. The number of aromatic nitrogens is 2. The molecular weight excluding hydrogens is 420 g/mol. The third-order valence-corrected chi connectivity index (χ3v) is 6.51. The summed E-state index contributed by atoms with van der Waals surface area (Å²) < 4.78 is 5.62. The zero-order chi connectivity index (χ0) is 22.5. The molecule has 4 rings (SSSR count). The lowest BCUT2D eigenvalue weighted by molar-refractivity contribution is 0.355. The number of thiocarbonyl (C=S) groups is 1. The van der Waals surface area contributed by atoms with Crippen molar-refractivity contribution >= 4 is 34.9 Å². The quantitative estimate of drug-likeness (QED) is 0.626. The monoisotopic (exact) mass is 456 g/mol. The molecule has 2 N–H and O–H groups in total. The molecule has 0 saturated carbocycles. The number of hydrogen-bond acceptors (Lipinski definition) is 6. The fourth-order valence-corrected chi connectivity index (χ4v) is 5.01. The third-order valence-electron chi connectivity index (χ3n) is 6.27. The van der Waals surface area contributed by atoms with Gasteiger partial charge in [0, 0.05) is 32.2 Å². The van der Waals surface area contributed by atoms with Crippen LogP contribution in [-0.2, 0) is 6.54 Å². The van der Waals surface area contributed by atoms with Crippen molar-refractivity contribution in [3.8, 4) is 0 Å². The Morgan fingerprint density at radius 2 is 1.69 bits per heavy atom. The van der Waals surface area contributed by atoms with Gasteiger partial charge in [-0.25, -0.2) is 0 Å². The van der Waals surface area contributed by atoms with E-state index in [1.807, 2.05) is 19.1 Å². The Balaban J connectivity index is 1.52. The maximum atomic E-state index is 5.62. The zero-order valence-corrected chi connectivity index (χ0v) is 20.4. The Kier molecular flexibility index (Phi) is 7.50. The molecule has 2 saturated heterocycles. The van der Waals surface area contributed by atoms with Crippen molar-refractivity contribution in [2.45, 2.75) is 59.4 Å². The highest BCUT2D eigenvalue weighted by molar-refractivity contribution is 7.80. The van der Waals surface area contributed by atoms with E-state index in [4.69, 9.17) is 26.6 Å². The van der Waals surface area contributed by atoms with Crippen molar-refractivity contribution in [1.29, 1.82) is 0 Å². The maximum absolute atomic E-state index is 5.62. The molecule has 174 valence electrons. The summed E-state index contributed by atoms with van der Waals surface area (Å²) in [5.41, 5.74) is 0. The summed E-state index contributed by atoms with van der Waals surface area (Å²) in [6, 6.07) is 6.08. The molecular formula is C24H36N6OS. The van der Waals surface area contributed by atoms with E-state index in [2.05, 4.69) is 40.3 Å². The average Bonchev–Trinajstić information content (AvgIpc) is 2.99. The first-order valence-corrected chi connectivity index (χ1v) is 12.4. The summed E-state index contributed by atoms with van der Waals surface area (Å²) in [7, 11) is 0. The molecule has 0 aromatic carbocycles. The molecule has 2 unspecified atom stereocenters. The van der Waals surface area contributed by atoms with Crippen molar-refractivity contribution in [3.63, 3.8) is 0 Å². The highest BCUT2D eigenvalue weighted by Crippen LogP contribution is 2.29. The lowest BCUT2D eigenvalue weighted by Gasteiger charge is -2.36. The molecule has 0 aliphatic carbocycles. The van der Waals surface area contributed by atoms with E-state index >= 15 is 0 Å². The molecule has 2 aliphatic rings. The van der Waals surface area contributed by atoms with Crippen LogP contribution in [0.1, 0.15) is 57.5 Å². The van der Waals surface area contributed by atoms with E-state index in [1.54, 1.807) is 0 Å². The van der Waals surface area contributed by atoms with Crippen molar-refractivity contribution < 1.29 is 4.42 Å². The van der Waals surface area contributed by atoms with Crippen molar-refractivity contribution in [3.05, 3.63) is 29.7 Å². The number of nitrogens with zero attached hydrogens (tertiary/aromatic N) is 4. The maximum Gasteiger partial charge on any atom is 0.232 e. The minimum atomic E-state index is 0.499. The minimum Gasteiger partial charge on any atom is -0.465 e. The van der Waals surface area contributed by atoms with E-state index < -0.39 is 0 Å². The van der Waals surface area contributed by atoms with Crippen LogP contribution in [0.5, 0.6) is 0 Å². The van der Waals surface area contributed by atoms with Crippen LogP contribution < -0.4 is 20.4 Å². The van der Waals surface area contributed by atoms with Crippen LogP contribution in [0, 0.1) is 18.8 Å².